The van der Waals surface area contributed by atoms with E-state index >= 15 is 0 Å². The van der Waals surface area contributed by atoms with Crippen molar-refractivity contribution in [1.82, 2.24) is 5.32 Å². The Labute approximate surface area is 138 Å². The van der Waals surface area contributed by atoms with Crippen LogP contribution in [0, 0.1) is 10.1 Å². The van der Waals surface area contributed by atoms with Crippen LogP contribution in [0.15, 0.2) is 48.5 Å². The van der Waals surface area contributed by atoms with Gasteiger partial charge < -0.3 is 10.6 Å². The summed E-state index contributed by atoms with van der Waals surface area (Å²) in [6, 6.07) is 13.8. The fourth-order valence-electron chi connectivity index (χ4n) is 1.96. The number of carbonyl (C=O) groups excluding carboxylic acids is 1. The van der Waals surface area contributed by atoms with Gasteiger partial charge in [0.2, 0.25) is 5.91 Å². The van der Waals surface area contributed by atoms with Crippen molar-refractivity contribution >= 4 is 28.9 Å². The molecule has 2 aromatic carbocycles. The predicted molar refractivity (Wildman–Crippen MR) is 89.5 cm³/mol. The quantitative estimate of drug-likeness (QED) is 0.601. The Bertz CT molecular complexity index is 692. The van der Waals surface area contributed by atoms with Gasteiger partial charge in [0.25, 0.3) is 5.69 Å². The van der Waals surface area contributed by atoms with Gasteiger partial charge in [-0.1, -0.05) is 41.9 Å². The number of rotatable bonds is 7. The van der Waals surface area contributed by atoms with Gasteiger partial charge in [0, 0.05) is 31.6 Å². The summed E-state index contributed by atoms with van der Waals surface area (Å²) in [5.41, 5.74) is 1.53. The van der Waals surface area contributed by atoms with Crippen LogP contribution in [0.3, 0.4) is 0 Å². The van der Waals surface area contributed by atoms with Crippen molar-refractivity contribution in [2.45, 2.75) is 13.0 Å². The topological polar surface area (TPSA) is 84.3 Å². The lowest BCUT2D eigenvalue weighted by atomic mass is 10.2. The Morgan fingerprint density at radius 2 is 1.91 bits per heavy atom. The number of nitro groups is 1. The third kappa shape index (κ3) is 5.27. The predicted octanol–water partition coefficient (Wildman–Crippen LogP) is 3.37. The van der Waals surface area contributed by atoms with Gasteiger partial charge in [-0.2, -0.15) is 0 Å². The third-order valence-electron chi connectivity index (χ3n) is 3.16. The summed E-state index contributed by atoms with van der Waals surface area (Å²) in [7, 11) is 0. The monoisotopic (exact) mass is 333 g/mol. The molecule has 0 atom stereocenters. The van der Waals surface area contributed by atoms with E-state index in [1.807, 2.05) is 30.3 Å². The minimum Gasteiger partial charge on any atom is -0.383 e. The average molecular weight is 334 g/mol. The van der Waals surface area contributed by atoms with E-state index in [0.717, 1.165) is 5.56 Å². The first-order valence-corrected chi connectivity index (χ1v) is 7.42. The number of halogens is 1. The van der Waals surface area contributed by atoms with Gasteiger partial charge in [-0.25, -0.2) is 0 Å². The lowest BCUT2D eigenvalue weighted by molar-refractivity contribution is -0.384. The van der Waals surface area contributed by atoms with E-state index in [9.17, 15) is 14.9 Å². The third-order valence-corrected chi connectivity index (χ3v) is 3.48. The van der Waals surface area contributed by atoms with Gasteiger partial charge in [0.05, 0.1) is 15.6 Å². The van der Waals surface area contributed by atoms with Gasteiger partial charge in [-0.15, -0.1) is 0 Å². The maximum atomic E-state index is 11.8. The number of carbonyl (C=O) groups is 1. The lowest BCUT2D eigenvalue weighted by Crippen LogP contribution is -2.24. The molecular weight excluding hydrogens is 318 g/mol. The summed E-state index contributed by atoms with van der Waals surface area (Å²) < 4.78 is 0. The summed E-state index contributed by atoms with van der Waals surface area (Å²) in [6.45, 7) is 0.871. The molecule has 0 saturated carbocycles. The normalized spacial score (nSPS) is 10.1. The van der Waals surface area contributed by atoms with Crippen LogP contribution in [-0.4, -0.2) is 17.4 Å². The van der Waals surface area contributed by atoms with Crippen molar-refractivity contribution in [3.8, 4) is 0 Å². The molecule has 0 bridgehead atoms. The average Bonchev–Trinajstić information content (AvgIpc) is 2.55. The highest BCUT2D eigenvalue weighted by atomic mass is 35.5. The maximum Gasteiger partial charge on any atom is 0.271 e. The highest BCUT2D eigenvalue weighted by molar-refractivity contribution is 6.33. The molecule has 7 heteroatoms. The summed E-state index contributed by atoms with van der Waals surface area (Å²) in [5.74, 6) is -0.0839. The number of nitro benzene ring substituents is 1. The van der Waals surface area contributed by atoms with Crippen LogP contribution in [0.4, 0.5) is 11.4 Å². The number of non-ortho nitro benzene ring substituents is 1. The molecule has 0 aliphatic carbocycles. The minimum absolute atomic E-state index is 0.0684. The molecule has 0 fully saturated rings. The van der Waals surface area contributed by atoms with Gasteiger partial charge in [-0.05, 0) is 11.6 Å². The van der Waals surface area contributed by atoms with E-state index in [2.05, 4.69) is 10.6 Å². The zero-order valence-corrected chi connectivity index (χ0v) is 13.0. The standard InChI is InChI=1S/C16H16ClN3O3/c17-14-10-13(20(22)23)6-7-15(14)18-9-8-16(21)19-11-12-4-2-1-3-5-12/h1-7,10,18H,8-9,11H2,(H,19,21). The van der Waals surface area contributed by atoms with Gasteiger partial charge >= 0.3 is 0 Å². The van der Waals surface area contributed by atoms with Gasteiger partial charge in [0.1, 0.15) is 0 Å². The van der Waals surface area contributed by atoms with Crippen LogP contribution in [0.2, 0.25) is 5.02 Å². The molecule has 2 rings (SSSR count). The molecule has 0 saturated heterocycles. The van der Waals surface area contributed by atoms with Crippen LogP contribution in [0.25, 0.3) is 0 Å². The van der Waals surface area contributed by atoms with E-state index in [1.165, 1.54) is 18.2 Å². The largest absolute Gasteiger partial charge is 0.383 e. The minimum atomic E-state index is -0.507. The summed E-state index contributed by atoms with van der Waals surface area (Å²) in [6.07, 6.45) is 0.278. The fourth-order valence-corrected chi connectivity index (χ4v) is 2.20. The second kappa shape index (κ2) is 8.14. The first kappa shape index (κ1) is 16.8. The first-order valence-electron chi connectivity index (χ1n) is 7.04. The molecule has 0 radical (unpaired) electrons. The molecule has 0 aromatic heterocycles. The summed E-state index contributed by atoms with van der Waals surface area (Å²) >= 11 is 5.96. The Kier molecular flexibility index (Phi) is 5.94. The summed E-state index contributed by atoms with van der Waals surface area (Å²) in [4.78, 5) is 21.9. The molecule has 120 valence electrons. The van der Waals surface area contributed by atoms with Crippen molar-refractivity contribution < 1.29 is 9.72 Å². The Hall–Kier alpha value is -2.60. The number of benzene rings is 2. The van der Waals surface area contributed by atoms with E-state index in [4.69, 9.17) is 11.6 Å². The van der Waals surface area contributed by atoms with E-state index in [0.29, 0.717) is 18.8 Å². The first-order chi connectivity index (χ1) is 11.1. The van der Waals surface area contributed by atoms with Crippen molar-refractivity contribution in [2.24, 2.45) is 0 Å². The smallest absolute Gasteiger partial charge is 0.271 e. The highest BCUT2D eigenvalue weighted by Gasteiger charge is 2.09. The van der Waals surface area contributed by atoms with Crippen LogP contribution >= 0.6 is 11.6 Å². The van der Waals surface area contributed by atoms with E-state index in [1.54, 1.807) is 0 Å². The lowest BCUT2D eigenvalue weighted by Gasteiger charge is -2.09. The molecule has 0 aliphatic heterocycles. The zero-order valence-electron chi connectivity index (χ0n) is 12.3. The SMILES string of the molecule is O=C(CCNc1ccc([N+](=O)[O-])cc1Cl)NCc1ccccc1. The number of amides is 1. The molecule has 2 N–H and O–H groups in total. The van der Waals surface area contributed by atoms with E-state index < -0.39 is 4.92 Å². The Balaban J connectivity index is 1.76. The molecule has 0 spiro atoms. The van der Waals surface area contributed by atoms with Crippen molar-refractivity contribution in [1.29, 1.82) is 0 Å². The summed E-state index contributed by atoms with van der Waals surface area (Å²) in [5, 5.41) is 16.7. The molecule has 6 nitrogen and oxygen atoms in total. The number of anilines is 1. The molecule has 1 amide bonds. The second-order valence-corrected chi connectivity index (χ2v) is 5.27. The maximum absolute atomic E-state index is 11.8. The zero-order chi connectivity index (χ0) is 16.7. The Morgan fingerprint density at radius 1 is 1.17 bits per heavy atom. The van der Waals surface area contributed by atoms with Crippen LogP contribution in [0.5, 0.6) is 0 Å². The number of hydrogen-bond acceptors (Lipinski definition) is 4. The Morgan fingerprint density at radius 3 is 2.57 bits per heavy atom. The molecule has 0 unspecified atom stereocenters. The van der Waals surface area contributed by atoms with Crippen LogP contribution < -0.4 is 10.6 Å². The van der Waals surface area contributed by atoms with E-state index in [-0.39, 0.29) is 23.0 Å². The van der Waals surface area contributed by atoms with Crippen molar-refractivity contribution in [3.63, 3.8) is 0 Å². The number of hydrogen-bond donors (Lipinski definition) is 2. The van der Waals surface area contributed by atoms with Gasteiger partial charge in [-0.3, -0.25) is 14.9 Å². The number of nitrogens with zero attached hydrogens (tertiary/aromatic N) is 1. The van der Waals surface area contributed by atoms with Crippen LogP contribution in [0.1, 0.15) is 12.0 Å². The molecule has 0 aliphatic rings. The molecule has 23 heavy (non-hydrogen) atoms. The highest BCUT2D eigenvalue weighted by Crippen LogP contribution is 2.26. The number of nitrogens with one attached hydrogen (secondary N) is 2. The van der Waals surface area contributed by atoms with Crippen molar-refractivity contribution in [3.05, 3.63) is 69.2 Å². The van der Waals surface area contributed by atoms with Crippen LogP contribution in [-0.2, 0) is 11.3 Å². The fraction of sp³-hybridized carbons (Fsp3) is 0.188. The van der Waals surface area contributed by atoms with Crippen molar-refractivity contribution in [2.75, 3.05) is 11.9 Å². The molecular formula is C16H16ClN3O3. The van der Waals surface area contributed by atoms with Gasteiger partial charge in [0.15, 0.2) is 0 Å². The second-order valence-electron chi connectivity index (χ2n) is 4.86. The molecule has 0 heterocycles. The molecule has 2 aromatic rings.